The van der Waals surface area contributed by atoms with Crippen LogP contribution in [0, 0.1) is 0 Å². The van der Waals surface area contributed by atoms with Gasteiger partial charge in [0.25, 0.3) is 10.0 Å². The number of rotatable bonds is 11. The van der Waals surface area contributed by atoms with Crippen LogP contribution in [-0.2, 0) is 32.6 Å². The van der Waals surface area contributed by atoms with Gasteiger partial charge in [0.05, 0.1) is 17.7 Å². The van der Waals surface area contributed by atoms with Gasteiger partial charge in [-0.25, -0.2) is 8.42 Å². The maximum absolute atomic E-state index is 14.1. The van der Waals surface area contributed by atoms with E-state index in [1.54, 1.807) is 30.2 Å². The van der Waals surface area contributed by atoms with Gasteiger partial charge in [-0.05, 0) is 68.0 Å². The van der Waals surface area contributed by atoms with E-state index in [0.29, 0.717) is 28.1 Å². The first-order valence-corrected chi connectivity index (χ1v) is 16.2. The highest BCUT2D eigenvalue weighted by atomic mass is 32.2. The highest BCUT2D eigenvalue weighted by Gasteiger charge is 2.36. The maximum atomic E-state index is 14.1. The average Bonchev–Trinajstić information content (AvgIpc) is 3.21. The molecule has 0 aliphatic carbocycles. The Hall–Kier alpha value is -4.37. The van der Waals surface area contributed by atoms with Gasteiger partial charge < -0.3 is 15.0 Å². The third-order valence-electron chi connectivity index (χ3n) is 7.69. The van der Waals surface area contributed by atoms with Gasteiger partial charge >= 0.3 is 0 Å². The fourth-order valence-electron chi connectivity index (χ4n) is 5.69. The zero-order valence-electron chi connectivity index (χ0n) is 25.6. The van der Waals surface area contributed by atoms with Crippen LogP contribution in [0.2, 0.25) is 0 Å². The fourth-order valence-corrected chi connectivity index (χ4v) is 7.44. The molecular formula is C35H39N3O5S. The number of sulfonamides is 1. The molecule has 1 unspecified atom stereocenters. The van der Waals surface area contributed by atoms with E-state index in [9.17, 15) is 18.0 Å². The summed E-state index contributed by atoms with van der Waals surface area (Å²) >= 11 is 0. The van der Waals surface area contributed by atoms with Crippen LogP contribution < -0.4 is 14.4 Å². The van der Waals surface area contributed by atoms with Crippen molar-refractivity contribution in [3.05, 3.63) is 102 Å². The standard InChI is InChI=1S/C35H39N3O5S/c1-35(2,3)36-34(40)30(23-25-12-6-5-7-13-25)37(24-26-14-8-17-28(22-26)43-4)32(39)20-11-21-38-29-18-9-15-27-16-10-19-31(33(27)29)44(38,41)42/h5-10,12-19,22,30H,11,20-21,23-24H2,1-4H3,(H,36,40). The number of ether oxygens (including phenoxy) is 1. The van der Waals surface area contributed by atoms with E-state index in [0.717, 1.165) is 16.5 Å². The fraction of sp³-hybridized carbons (Fsp3) is 0.314. The summed E-state index contributed by atoms with van der Waals surface area (Å²) in [6.07, 6.45) is 0.683. The van der Waals surface area contributed by atoms with Gasteiger partial charge in [0, 0.05) is 36.9 Å². The van der Waals surface area contributed by atoms with Gasteiger partial charge in [-0.3, -0.25) is 13.9 Å². The van der Waals surface area contributed by atoms with Gasteiger partial charge in [0.15, 0.2) is 0 Å². The molecule has 0 saturated carbocycles. The molecule has 230 valence electrons. The Morgan fingerprint density at radius 1 is 0.909 bits per heavy atom. The molecular weight excluding hydrogens is 574 g/mol. The molecule has 9 heteroatoms. The van der Waals surface area contributed by atoms with E-state index in [2.05, 4.69) is 5.32 Å². The quantitative estimate of drug-likeness (QED) is 0.235. The van der Waals surface area contributed by atoms with E-state index in [4.69, 9.17) is 4.74 Å². The van der Waals surface area contributed by atoms with Crippen LogP contribution in [0.1, 0.15) is 44.7 Å². The first kappa shape index (κ1) is 31.1. The minimum Gasteiger partial charge on any atom is -0.497 e. The third kappa shape index (κ3) is 6.73. The van der Waals surface area contributed by atoms with Crippen molar-refractivity contribution < 1.29 is 22.7 Å². The number of methoxy groups -OCH3 is 1. The van der Waals surface area contributed by atoms with Crippen LogP contribution in [0.3, 0.4) is 0 Å². The van der Waals surface area contributed by atoms with Crippen molar-refractivity contribution in [2.24, 2.45) is 0 Å². The molecule has 0 radical (unpaired) electrons. The van der Waals surface area contributed by atoms with Gasteiger partial charge in [-0.2, -0.15) is 0 Å². The summed E-state index contributed by atoms with van der Waals surface area (Å²) in [5.41, 5.74) is 1.88. The van der Waals surface area contributed by atoms with E-state index < -0.39 is 21.6 Å². The van der Waals surface area contributed by atoms with Crippen molar-refractivity contribution in [2.75, 3.05) is 18.0 Å². The Balaban J connectivity index is 1.42. The summed E-state index contributed by atoms with van der Waals surface area (Å²) in [6, 6.07) is 27.1. The molecule has 2 amide bonds. The first-order valence-electron chi connectivity index (χ1n) is 14.8. The molecule has 0 fully saturated rings. The van der Waals surface area contributed by atoms with Gasteiger partial charge in [0.1, 0.15) is 11.8 Å². The zero-order chi connectivity index (χ0) is 31.5. The number of hydrogen-bond acceptors (Lipinski definition) is 5. The number of carbonyl (C=O) groups excluding carboxylic acids is 2. The minimum absolute atomic E-state index is 0.0659. The molecule has 0 saturated heterocycles. The average molecular weight is 614 g/mol. The van der Waals surface area contributed by atoms with Crippen LogP contribution in [0.4, 0.5) is 5.69 Å². The number of hydrogen-bond donors (Lipinski definition) is 1. The number of amides is 2. The second-order valence-corrected chi connectivity index (χ2v) is 14.0. The summed E-state index contributed by atoms with van der Waals surface area (Å²) in [5, 5.41) is 4.64. The minimum atomic E-state index is -3.73. The van der Waals surface area contributed by atoms with Crippen molar-refractivity contribution in [2.45, 2.75) is 63.1 Å². The van der Waals surface area contributed by atoms with Gasteiger partial charge in [-0.15, -0.1) is 0 Å². The molecule has 44 heavy (non-hydrogen) atoms. The van der Waals surface area contributed by atoms with Crippen molar-refractivity contribution in [1.29, 1.82) is 0 Å². The Morgan fingerprint density at radius 3 is 2.30 bits per heavy atom. The lowest BCUT2D eigenvalue weighted by atomic mass is 10.00. The molecule has 0 bridgehead atoms. The third-order valence-corrected chi connectivity index (χ3v) is 9.54. The Labute approximate surface area is 259 Å². The van der Waals surface area contributed by atoms with E-state index in [-0.39, 0.29) is 37.7 Å². The second-order valence-electron chi connectivity index (χ2n) is 12.1. The number of anilines is 1. The van der Waals surface area contributed by atoms with Crippen LogP contribution in [0.15, 0.2) is 95.9 Å². The molecule has 5 rings (SSSR count). The molecule has 1 atom stereocenters. The van der Waals surface area contributed by atoms with Crippen LogP contribution in [0.5, 0.6) is 5.75 Å². The molecule has 1 N–H and O–H groups in total. The van der Waals surface area contributed by atoms with Gasteiger partial charge in [0.2, 0.25) is 11.8 Å². The lowest BCUT2D eigenvalue weighted by Crippen LogP contribution is -2.54. The molecule has 1 heterocycles. The molecule has 0 spiro atoms. The second kappa shape index (κ2) is 12.7. The number of carbonyl (C=O) groups is 2. The van der Waals surface area contributed by atoms with Crippen LogP contribution in [0.25, 0.3) is 10.8 Å². The van der Waals surface area contributed by atoms with Crippen LogP contribution >= 0.6 is 0 Å². The monoisotopic (exact) mass is 613 g/mol. The van der Waals surface area contributed by atoms with Crippen molar-refractivity contribution >= 4 is 38.3 Å². The van der Waals surface area contributed by atoms with Crippen LogP contribution in [-0.4, -0.2) is 50.4 Å². The summed E-state index contributed by atoms with van der Waals surface area (Å²) in [7, 11) is -2.15. The highest BCUT2D eigenvalue weighted by molar-refractivity contribution is 7.93. The molecule has 8 nitrogen and oxygen atoms in total. The summed E-state index contributed by atoms with van der Waals surface area (Å²) in [6.45, 7) is 6.07. The molecule has 1 aliphatic heterocycles. The molecule has 4 aromatic carbocycles. The van der Waals surface area contributed by atoms with Crippen molar-refractivity contribution in [3.63, 3.8) is 0 Å². The number of benzene rings is 4. The summed E-state index contributed by atoms with van der Waals surface area (Å²) in [5.74, 6) is 0.175. The molecule has 0 aromatic heterocycles. The van der Waals surface area contributed by atoms with Crippen molar-refractivity contribution in [1.82, 2.24) is 10.2 Å². The summed E-state index contributed by atoms with van der Waals surface area (Å²) in [4.78, 5) is 29.8. The summed E-state index contributed by atoms with van der Waals surface area (Å²) < 4.78 is 33.8. The SMILES string of the molecule is COc1cccc(CN(C(=O)CCCN2c3cccc4cccc(c34)S2(=O)=O)C(Cc2ccccc2)C(=O)NC(C)(C)C)c1. The molecule has 1 aliphatic rings. The Kier molecular flexibility index (Phi) is 8.97. The first-order chi connectivity index (χ1) is 21.0. The molecule has 4 aromatic rings. The lowest BCUT2D eigenvalue weighted by Gasteiger charge is -2.34. The number of nitrogens with one attached hydrogen (secondary N) is 1. The Morgan fingerprint density at radius 2 is 1.59 bits per heavy atom. The Bertz CT molecular complexity index is 1760. The predicted octanol–water partition coefficient (Wildman–Crippen LogP) is 5.69. The lowest BCUT2D eigenvalue weighted by molar-refractivity contribution is -0.142. The van der Waals surface area contributed by atoms with E-state index in [1.165, 1.54) is 4.31 Å². The van der Waals surface area contributed by atoms with Gasteiger partial charge in [-0.1, -0.05) is 66.7 Å². The van der Waals surface area contributed by atoms with E-state index in [1.807, 2.05) is 93.6 Å². The van der Waals surface area contributed by atoms with E-state index >= 15 is 0 Å². The number of nitrogens with zero attached hydrogens (tertiary/aromatic N) is 2. The smallest absolute Gasteiger partial charge is 0.265 e. The largest absolute Gasteiger partial charge is 0.497 e. The predicted molar refractivity (Wildman–Crippen MR) is 173 cm³/mol. The van der Waals surface area contributed by atoms with Crippen molar-refractivity contribution in [3.8, 4) is 5.75 Å². The zero-order valence-corrected chi connectivity index (χ0v) is 26.4. The normalized spacial score (nSPS) is 14.3. The maximum Gasteiger partial charge on any atom is 0.265 e. The topological polar surface area (TPSA) is 96.0 Å². The highest BCUT2D eigenvalue weighted by Crippen LogP contribution is 2.42.